The van der Waals surface area contributed by atoms with E-state index in [-0.39, 0.29) is 30.6 Å². The summed E-state index contributed by atoms with van der Waals surface area (Å²) in [6, 6.07) is 0. The van der Waals surface area contributed by atoms with Gasteiger partial charge in [-0.1, -0.05) is 72.1 Å². The van der Waals surface area contributed by atoms with Gasteiger partial charge in [0.25, 0.3) is 0 Å². The second kappa shape index (κ2) is 14.9. The normalized spacial score (nSPS) is 27.5. The standard InChI is InChI=1S/C27H48O4/c1-4-6-8-10-22-12-16-24(17-13-22)30-26(28)20-21(3)27(29)31-25-18-14-23(15-19-25)11-9-7-5-2/h21-25H,4-20H2,1-3H3. The quantitative estimate of drug-likeness (QED) is 0.223. The second-order valence-corrected chi connectivity index (χ2v) is 10.3. The fourth-order valence-corrected chi connectivity index (χ4v) is 5.29. The smallest absolute Gasteiger partial charge is 0.309 e. The number of carbonyl (C=O) groups is 2. The first kappa shape index (κ1) is 26.2. The van der Waals surface area contributed by atoms with E-state index in [1.807, 2.05) is 0 Å². The van der Waals surface area contributed by atoms with E-state index in [1.54, 1.807) is 6.92 Å². The van der Waals surface area contributed by atoms with Crippen molar-refractivity contribution in [2.24, 2.45) is 17.8 Å². The van der Waals surface area contributed by atoms with Crippen LogP contribution < -0.4 is 0 Å². The molecule has 2 aliphatic rings. The summed E-state index contributed by atoms with van der Waals surface area (Å²) >= 11 is 0. The Hall–Kier alpha value is -1.06. The molecular weight excluding hydrogens is 388 g/mol. The van der Waals surface area contributed by atoms with E-state index >= 15 is 0 Å². The zero-order valence-electron chi connectivity index (χ0n) is 20.5. The van der Waals surface area contributed by atoms with E-state index in [9.17, 15) is 9.59 Å². The van der Waals surface area contributed by atoms with E-state index in [1.165, 1.54) is 77.0 Å². The van der Waals surface area contributed by atoms with Crippen LogP contribution in [0, 0.1) is 17.8 Å². The third-order valence-corrected chi connectivity index (χ3v) is 7.48. The molecule has 2 fully saturated rings. The Labute approximate surface area is 191 Å². The topological polar surface area (TPSA) is 52.6 Å². The molecular formula is C27H48O4. The molecule has 1 atom stereocenters. The van der Waals surface area contributed by atoms with Crippen molar-refractivity contribution in [3.05, 3.63) is 0 Å². The van der Waals surface area contributed by atoms with Crippen molar-refractivity contribution in [2.45, 2.75) is 142 Å². The molecule has 4 heteroatoms. The Morgan fingerprint density at radius 2 is 1.16 bits per heavy atom. The minimum Gasteiger partial charge on any atom is -0.462 e. The van der Waals surface area contributed by atoms with Gasteiger partial charge in [-0.2, -0.15) is 0 Å². The Morgan fingerprint density at radius 3 is 1.61 bits per heavy atom. The van der Waals surface area contributed by atoms with Gasteiger partial charge in [-0.25, -0.2) is 0 Å². The maximum absolute atomic E-state index is 12.5. The van der Waals surface area contributed by atoms with Crippen LogP contribution in [0.1, 0.15) is 130 Å². The van der Waals surface area contributed by atoms with Gasteiger partial charge in [-0.3, -0.25) is 9.59 Å². The molecule has 0 aromatic carbocycles. The summed E-state index contributed by atoms with van der Waals surface area (Å²) in [4.78, 5) is 24.8. The van der Waals surface area contributed by atoms with Crippen molar-refractivity contribution in [3.8, 4) is 0 Å². The van der Waals surface area contributed by atoms with Gasteiger partial charge in [0.1, 0.15) is 12.2 Å². The Bertz CT molecular complexity index is 501. The van der Waals surface area contributed by atoms with Crippen LogP contribution in [0.25, 0.3) is 0 Å². The predicted molar refractivity (Wildman–Crippen MR) is 126 cm³/mol. The molecule has 31 heavy (non-hydrogen) atoms. The van der Waals surface area contributed by atoms with E-state index < -0.39 is 5.92 Å². The molecule has 0 radical (unpaired) electrons. The van der Waals surface area contributed by atoms with Crippen LogP contribution >= 0.6 is 0 Å². The lowest BCUT2D eigenvalue weighted by Gasteiger charge is -2.29. The Morgan fingerprint density at radius 1 is 0.710 bits per heavy atom. The zero-order chi connectivity index (χ0) is 22.5. The van der Waals surface area contributed by atoms with Crippen LogP contribution in [0.4, 0.5) is 0 Å². The van der Waals surface area contributed by atoms with Gasteiger partial charge in [0.2, 0.25) is 0 Å². The molecule has 0 spiro atoms. The molecule has 2 aliphatic carbocycles. The fourth-order valence-electron chi connectivity index (χ4n) is 5.29. The first-order valence-electron chi connectivity index (χ1n) is 13.4. The molecule has 0 saturated heterocycles. The number of esters is 2. The highest BCUT2D eigenvalue weighted by molar-refractivity contribution is 5.79. The van der Waals surface area contributed by atoms with Crippen LogP contribution in [-0.2, 0) is 19.1 Å². The van der Waals surface area contributed by atoms with Crippen LogP contribution in [0.3, 0.4) is 0 Å². The van der Waals surface area contributed by atoms with Crippen molar-refractivity contribution in [1.82, 2.24) is 0 Å². The molecule has 0 heterocycles. The molecule has 2 rings (SSSR count). The van der Waals surface area contributed by atoms with E-state index in [2.05, 4.69) is 13.8 Å². The van der Waals surface area contributed by atoms with Gasteiger partial charge in [0, 0.05) is 0 Å². The van der Waals surface area contributed by atoms with Crippen LogP contribution in [0.5, 0.6) is 0 Å². The lowest BCUT2D eigenvalue weighted by molar-refractivity contribution is -0.162. The highest BCUT2D eigenvalue weighted by Crippen LogP contribution is 2.32. The number of hydrogen-bond acceptors (Lipinski definition) is 4. The maximum Gasteiger partial charge on any atom is 0.309 e. The van der Waals surface area contributed by atoms with Gasteiger partial charge in [0.15, 0.2) is 0 Å². The van der Waals surface area contributed by atoms with E-state index in [4.69, 9.17) is 9.47 Å². The third kappa shape index (κ3) is 10.4. The average molecular weight is 437 g/mol. The summed E-state index contributed by atoms with van der Waals surface area (Å²) in [7, 11) is 0. The number of hydrogen-bond donors (Lipinski definition) is 0. The molecule has 0 amide bonds. The lowest BCUT2D eigenvalue weighted by Crippen LogP contribution is -2.29. The summed E-state index contributed by atoms with van der Waals surface area (Å²) < 4.78 is 11.4. The number of unbranched alkanes of at least 4 members (excludes halogenated alkanes) is 4. The molecule has 0 aromatic rings. The number of rotatable bonds is 13. The van der Waals surface area contributed by atoms with Gasteiger partial charge in [-0.15, -0.1) is 0 Å². The number of carbonyl (C=O) groups excluding carboxylic acids is 2. The second-order valence-electron chi connectivity index (χ2n) is 10.3. The minimum atomic E-state index is -0.417. The summed E-state index contributed by atoms with van der Waals surface area (Å²) in [6.07, 6.45) is 19.3. The van der Waals surface area contributed by atoms with Gasteiger partial charge in [0.05, 0.1) is 12.3 Å². The van der Waals surface area contributed by atoms with Gasteiger partial charge in [-0.05, 0) is 63.2 Å². The lowest BCUT2D eigenvalue weighted by atomic mass is 9.84. The average Bonchev–Trinajstić information content (AvgIpc) is 2.76. The van der Waals surface area contributed by atoms with Crippen molar-refractivity contribution in [1.29, 1.82) is 0 Å². The highest BCUT2D eigenvalue weighted by Gasteiger charge is 2.28. The summed E-state index contributed by atoms with van der Waals surface area (Å²) in [5, 5.41) is 0. The molecule has 2 saturated carbocycles. The molecule has 0 aromatic heterocycles. The van der Waals surface area contributed by atoms with Crippen molar-refractivity contribution in [3.63, 3.8) is 0 Å². The summed E-state index contributed by atoms with van der Waals surface area (Å²) in [5.41, 5.74) is 0. The largest absolute Gasteiger partial charge is 0.462 e. The molecule has 0 aliphatic heterocycles. The SMILES string of the molecule is CCCCCC1CCC(OC(=O)CC(C)C(=O)OC2CCC(CCCCC)CC2)CC1. The Kier molecular flexibility index (Phi) is 12.6. The molecule has 180 valence electrons. The summed E-state index contributed by atoms with van der Waals surface area (Å²) in [6.45, 7) is 6.28. The first-order valence-corrected chi connectivity index (χ1v) is 13.4. The first-order chi connectivity index (χ1) is 15.0. The van der Waals surface area contributed by atoms with E-state index in [0.29, 0.717) is 0 Å². The molecule has 0 bridgehead atoms. The van der Waals surface area contributed by atoms with Crippen LogP contribution in [-0.4, -0.2) is 24.1 Å². The van der Waals surface area contributed by atoms with E-state index in [0.717, 1.165) is 37.5 Å². The highest BCUT2D eigenvalue weighted by atomic mass is 16.6. The molecule has 1 unspecified atom stereocenters. The Balaban J connectivity index is 1.58. The third-order valence-electron chi connectivity index (χ3n) is 7.48. The fraction of sp³-hybridized carbons (Fsp3) is 0.926. The van der Waals surface area contributed by atoms with Gasteiger partial charge < -0.3 is 9.47 Å². The molecule has 0 N–H and O–H groups in total. The number of ether oxygens (including phenoxy) is 2. The predicted octanol–water partition coefficient (Wildman–Crippen LogP) is 7.38. The monoisotopic (exact) mass is 436 g/mol. The van der Waals surface area contributed by atoms with Crippen LogP contribution in [0.2, 0.25) is 0 Å². The van der Waals surface area contributed by atoms with Crippen molar-refractivity contribution >= 4 is 11.9 Å². The van der Waals surface area contributed by atoms with Crippen molar-refractivity contribution < 1.29 is 19.1 Å². The van der Waals surface area contributed by atoms with Crippen molar-refractivity contribution in [2.75, 3.05) is 0 Å². The van der Waals surface area contributed by atoms with Crippen LogP contribution in [0.15, 0.2) is 0 Å². The van der Waals surface area contributed by atoms with Gasteiger partial charge >= 0.3 is 11.9 Å². The minimum absolute atomic E-state index is 0.0383. The summed E-state index contributed by atoms with van der Waals surface area (Å²) in [5.74, 6) is 0.720. The maximum atomic E-state index is 12.5. The molecule has 4 nitrogen and oxygen atoms in total. The zero-order valence-corrected chi connectivity index (χ0v) is 20.5.